The topological polar surface area (TPSA) is 66.5 Å². The zero-order valence-corrected chi connectivity index (χ0v) is 17.6. The minimum atomic E-state index is -3.61. The zero-order chi connectivity index (χ0) is 20.4. The molecule has 1 amide bonds. The fraction of sp³-hybridized carbons (Fsp3) is 0.381. The van der Waals surface area contributed by atoms with Crippen molar-refractivity contribution in [1.82, 2.24) is 5.32 Å². The number of carbonyl (C=O) groups is 1. The van der Waals surface area contributed by atoms with Crippen LogP contribution >= 0.6 is 0 Å². The Kier molecular flexibility index (Phi) is 6.31. The number of sulfonamides is 1. The van der Waals surface area contributed by atoms with Crippen molar-refractivity contribution in [3.05, 3.63) is 64.7 Å². The highest BCUT2D eigenvalue weighted by Crippen LogP contribution is 2.23. The summed E-state index contributed by atoms with van der Waals surface area (Å²) in [5.74, 6) is -0.339. The van der Waals surface area contributed by atoms with Gasteiger partial charge in [-0.3, -0.25) is 9.10 Å². The van der Waals surface area contributed by atoms with Gasteiger partial charge in [0, 0.05) is 0 Å². The number of nitrogens with zero attached hydrogens (tertiary/aromatic N) is 1. The van der Waals surface area contributed by atoms with Crippen LogP contribution in [0.5, 0.6) is 0 Å². The number of para-hydroxylation sites is 1. The van der Waals surface area contributed by atoms with E-state index in [1.54, 1.807) is 37.3 Å². The molecule has 2 aromatic rings. The fourth-order valence-corrected chi connectivity index (χ4v) is 4.42. The summed E-state index contributed by atoms with van der Waals surface area (Å²) in [5.41, 5.74) is 4.96. The molecule has 1 N–H and O–H groups in total. The average Bonchev–Trinajstić information content (AvgIpc) is 2.57. The molecule has 0 spiro atoms. The van der Waals surface area contributed by atoms with Crippen molar-refractivity contribution in [2.45, 2.75) is 46.7 Å². The van der Waals surface area contributed by atoms with Gasteiger partial charge in [0.15, 0.2) is 0 Å². The van der Waals surface area contributed by atoms with Gasteiger partial charge in [-0.05, 0) is 69.0 Å². The first-order valence-corrected chi connectivity index (χ1v) is 10.8. The zero-order valence-electron chi connectivity index (χ0n) is 16.8. The van der Waals surface area contributed by atoms with Gasteiger partial charge in [0.25, 0.3) is 0 Å². The van der Waals surface area contributed by atoms with Crippen molar-refractivity contribution in [2.24, 2.45) is 0 Å². The van der Waals surface area contributed by atoms with Crippen LogP contribution in [0.3, 0.4) is 0 Å². The molecule has 0 saturated heterocycles. The highest BCUT2D eigenvalue weighted by atomic mass is 32.2. The minimum absolute atomic E-state index is 0.226. The lowest BCUT2D eigenvalue weighted by Gasteiger charge is -2.29. The van der Waals surface area contributed by atoms with E-state index in [1.165, 1.54) is 5.56 Å². The van der Waals surface area contributed by atoms with E-state index >= 15 is 0 Å². The second-order valence-corrected chi connectivity index (χ2v) is 8.95. The van der Waals surface area contributed by atoms with Crippen LogP contribution in [0.4, 0.5) is 5.69 Å². The smallest absolute Gasteiger partial charge is 0.244 e. The Hall–Kier alpha value is -2.34. The van der Waals surface area contributed by atoms with Crippen LogP contribution in [0.1, 0.15) is 42.1 Å². The molecule has 146 valence electrons. The van der Waals surface area contributed by atoms with Gasteiger partial charge in [0.05, 0.1) is 18.0 Å². The van der Waals surface area contributed by atoms with Gasteiger partial charge in [-0.1, -0.05) is 30.3 Å². The monoisotopic (exact) mass is 388 g/mol. The molecule has 0 heterocycles. The van der Waals surface area contributed by atoms with E-state index in [-0.39, 0.29) is 11.9 Å². The van der Waals surface area contributed by atoms with Crippen molar-refractivity contribution < 1.29 is 13.2 Å². The highest BCUT2D eigenvalue weighted by molar-refractivity contribution is 7.92. The molecule has 0 saturated carbocycles. The quantitative estimate of drug-likeness (QED) is 0.821. The summed E-state index contributed by atoms with van der Waals surface area (Å²) in [5, 5.41) is 2.96. The van der Waals surface area contributed by atoms with E-state index in [0.717, 1.165) is 27.3 Å². The Balaban J connectivity index is 2.27. The summed E-state index contributed by atoms with van der Waals surface area (Å²) in [6.07, 6.45) is 1.11. The Morgan fingerprint density at radius 1 is 0.963 bits per heavy atom. The van der Waals surface area contributed by atoms with Crippen molar-refractivity contribution in [3.63, 3.8) is 0 Å². The van der Waals surface area contributed by atoms with Crippen LogP contribution < -0.4 is 9.62 Å². The Bertz CT molecular complexity index is 924. The molecule has 5 nitrogen and oxygen atoms in total. The van der Waals surface area contributed by atoms with Crippen LogP contribution in [0.15, 0.2) is 42.5 Å². The maximum absolute atomic E-state index is 12.8. The molecule has 0 unspecified atom stereocenters. The lowest BCUT2D eigenvalue weighted by atomic mass is 9.96. The van der Waals surface area contributed by atoms with Gasteiger partial charge in [0.2, 0.25) is 15.9 Å². The largest absolute Gasteiger partial charge is 0.348 e. The summed E-state index contributed by atoms with van der Waals surface area (Å²) in [4.78, 5) is 12.8. The van der Waals surface area contributed by atoms with Crippen molar-refractivity contribution in [3.8, 4) is 0 Å². The van der Waals surface area contributed by atoms with Crippen molar-refractivity contribution >= 4 is 21.6 Å². The van der Waals surface area contributed by atoms with E-state index < -0.39 is 16.1 Å². The Labute approximate surface area is 162 Å². The molecule has 2 aromatic carbocycles. The molecule has 6 heteroatoms. The van der Waals surface area contributed by atoms with Gasteiger partial charge in [0.1, 0.15) is 6.04 Å². The van der Waals surface area contributed by atoms with Crippen LogP contribution in [0.25, 0.3) is 0 Å². The van der Waals surface area contributed by atoms with Gasteiger partial charge >= 0.3 is 0 Å². The molecular formula is C21H28N2O3S. The molecule has 0 fully saturated rings. The number of nitrogens with one attached hydrogen (secondary N) is 1. The SMILES string of the molecule is Cc1cc(C)c([C@@H](C)NC(=O)[C@H](C)N(c2ccccc2)S(C)(=O)=O)cc1C. The lowest BCUT2D eigenvalue weighted by molar-refractivity contribution is -0.122. The van der Waals surface area contributed by atoms with Crippen LogP contribution in [-0.4, -0.2) is 26.6 Å². The average molecular weight is 389 g/mol. The molecule has 0 aliphatic rings. The first-order chi connectivity index (χ1) is 12.5. The molecule has 27 heavy (non-hydrogen) atoms. The summed E-state index contributed by atoms with van der Waals surface area (Å²) in [6.45, 7) is 9.62. The standard InChI is InChI=1S/C21H28N2O3S/c1-14-12-16(3)20(13-15(14)2)17(4)22-21(24)18(5)23(27(6,25)26)19-10-8-7-9-11-19/h7-13,17-18H,1-6H3,(H,22,24)/t17-,18+/m1/s1. The number of hydrogen-bond donors (Lipinski definition) is 1. The van der Waals surface area contributed by atoms with Gasteiger partial charge in [-0.15, -0.1) is 0 Å². The number of rotatable bonds is 6. The summed E-state index contributed by atoms with van der Waals surface area (Å²) in [6, 6.07) is 11.8. The summed E-state index contributed by atoms with van der Waals surface area (Å²) >= 11 is 0. The number of benzene rings is 2. The molecule has 0 aliphatic carbocycles. The summed E-state index contributed by atoms with van der Waals surface area (Å²) in [7, 11) is -3.61. The molecule has 2 rings (SSSR count). The molecule has 2 atom stereocenters. The number of hydrogen-bond acceptors (Lipinski definition) is 3. The summed E-state index contributed by atoms with van der Waals surface area (Å²) < 4.78 is 25.8. The number of amides is 1. The lowest BCUT2D eigenvalue weighted by Crippen LogP contribution is -2.48. The number of carbonyl (C=O) groups excluding carboxylic acids is 1. The highest BCUT2D eigenvalue weighted by Gasteiger charge is 2.29. The predicted octanol–water partition coefficient (Wildman–Crippen LogP) is 3.64. The van der Waals surface area contributed by atoms with E-state index in [4.69, 9.17) is 0 Å². The van der Waals surface area contributed by atoms with Crippen molar-refractivity contribution in [2.75, 3.05) is 10.6 Å². The molecule has 0 aliphatic heterocycles. The Morgan fingerprint density at radius 3 is 2.07 bits per heavy atom. The van der Waals surface area contributed by atoms with E-state index in [0.29, 0.717) is 5.69 Å². The second kappa shape index (κ2) is 8.13. The van der Waals surface area contributed by atoms with E-state index in [1.807, 2.05) is 20.8 Å². The second-order valence-electron chi connectivity index (χ2n) is 7.09. The third kappa shape index (κ3) is 4.89. The van der Waals surface area contributed by atoms with Crippen LogP contribution in [0.2, 0.25) is 0 Å². The maximum Gasteiger partial charge on any atom is 0.244 e. The molecular weight excluding hydrogens is 360 g/mol. The van der Waals surface area contributed by atoms with Gasteiger partial charge in [-0.2, -0.15) is 0 Å². The van der Waals surface area contributed by atoms with Crippen LogP contribution in [-0.2, 0) is 14.8 Å². The third-order valence-corrected chi connectivity index (χ3v) is 6.05. The van der Waals surface area contributed by atoms with Gasteiger partial charge in [-0.25, -0.2) is 8.42 Å². The fourth-order valence-electron chi connectivity index (χ4n) is 3.24. The number of aryl methyl sites for hydroxylation is 3. The van der Waals surface area contributed by atoms with E-state index in [9.17, 15) is 13.2 Å². The molecule has 0 aromatic heterocycles. The van der Waals surface area contributed by atoms with E-state index in [2.05, 4.69) is 24.4 Å². The first-order valence-electron chi connectivity index (χ1n) is 8.95. The minimum Gasteiger partial charge on any atom is -0.348 e. The van der Waals surface area contributed by atoms with Crippen LogP contribution in [0, 0.1) is 20.8 Å². The molecule has 0 bridgehead atoms. The van der Waals surface area contributed by atoms with Gasteiger partial charge < -0.3 is 5.32 Å². The normalized spacial score (nSPS) is 13.7. The van der Waals surface area contributed by atoms with Crippen molar-refractivity contribution in [1.29, 1.82) is 0 Å². The first kappa shape index (κ1) is 21.0. The molecule has 0 radical (unpaired) electrons. The number of anilines is 1. The maximum atomic E-state index is 12.8. The predicted molar refractivity (Wildman–Crippen MR) is 110 cm³/mol. The Morgan fingerprint density at radius 2 is 1.52 bits per heavy atom. The third-order valence-electron chi connectivity index (χ3n) is 4.81.